The molecule has 0 saturated carbocycles. The summed E-state index contributed by atoms with van der Waals surface area (Å²) in [5.41, 5.74) is 8.17. The van der Waals surface area contributed by atoms with E-state index in [1.807, 2.05) is 30.3 Å². The lowest BCUT2D eigenvalue weighted by molar-refractivity contribution is 0.0385. The number of ether oxygens (including phenoxy) is 3. The normalized spacial score (nSPS) is 18.8. The summed E-state index contributed by atoms with van der Waals surface area (Å²) in [5, 5.41) is 6.89. The second kappa shape index (κ2) is 9.50. The van der Waals surface area contributed by atoms with Crippen LogP contribution in [0.25, 0.3) is 11.3 Å². The van der Waals surface area contributed by atoms with Gasteiger partial charge in [0.25, 0.3) is 0 Å². The molecule has 0 aliphatic carbocycles. The fraction of sp³-hybridized carbons (Fsp3) is 0.375. The largest absolute Gasteiger partial charge is 0.489 e. The Morgan fingerprint density at radius 3 is 2.79 bits per heavy atom. The Morgan fingerprint density at radius 2 is 2.06 bits per heavy atom. The van der Waals surface area contributed by atoms with Gasteiger partial charge in [-0.15, -0.1) is 0 Å². The van der Waals surface area contributed by atoms with E-state index in [-0.39, 0.29) is 12.2 Å². The number of rotatable bonds is 6. The zero-order chi connectivity index (χ0) is 22.6. The molecule has 0 radical (unpaired) electrons. The Bertz CT molecular complexity index is 1080. The van der Waals surface area contributed by atoms with Gasteiger partial charge in [0.15, 0.2) is 0 Å². The molecule has 2 aliphatic rings. The molecule has 1 fully saturated rings. The highest BCUT2D eigenvalue weighted by Gasteiger charge is 2.26. The van der Waals surface area contributed by atoms with Crippen molar-refractivity contribution in [3.63, 3.8) is 0 Å². The third-order valence-corrected chi connectivity index (χ3v) is 6.12. The highest BCUT2D eigenvalue weighted by Crippen LogP contribution is 2.33. The Kier molecular flexibility index (Phi) is 6.12. The lowest BCUT2D eigenvalue weighted by Crippen LogP contribution is -2.44. The van der Waals surface area contributed by atoms with Crippen LogP contribution >= 0.6 is 0 Å². The summed E-state index contributed by atoms with van der Waals surface area (Å²) in [6.45, 7) is 2.59. The van der Waals surface area contributed by atoms with E-state index in [1.54, 1.807) is 12.4 Å². The number of aromatic nitrogens is 3. The Balaban J connectivity index is 1.17. The minimum Gasteiger partial charge on any atom is -0.489 e. The molecule has 1 aromatic carbocycles. The summed E-state index contributed by atoms with van der Waals surface area (Å²) in [6.07, 6.45) is 6.36. The van der Waals surface area contributed by atoms with E-state index in [2.05, 4.69) is 26.1 Å². The summed E-state index contributed by atoms with van der Waals surface area (Å²) in [4.78, 5) is 17.7. The van der Waals surface area contributed by atoms with Crippen LogP contribution in [0.15, 0.2) is 48.8 Å². The van der Waals surface area contributed by atoms with Crippen LogP contribution in [0.2, 0.25) is 0 Å². The van der Waals surface area contributed by atoms with Crippen molar-refractivity contribution in [1.29, 1.82) is 0 Å². The van der Waals surface area contributed by atoms with E-state index >= 15 is 0 Å². The lowest BCUT2D eigenvalue weighted by Gasteiger charge is -2.35. The fourth-order valence-corrected chi connectivity index (χ4v) is 4.40. The first-order chi connectivity index (χ1) is 16.1. The molecule has 2 aliphatic heterocycles. The molecular weight excluding hydrogens is 422 g/mol. The summed E-state index contributed by atoms with van der Waals surface area (Å²) in [5.74, 6) is 2.08. The molecule has 9 nitrogen and oxygen atoms in total. The second-order valence-electron chi connectivity index (χ2n) is 8.44. The van der Waals surface area contributed by atoms with Gasteiger partial charge in [0.1, 0.15) is 23.7 Å². The number of nitrogens with zero attached hydrogens (tertiary/aromatic N) is 3. The Morgan fingerprint density at radius 1 is 1.18 bits per heavy atom. The van der Waals surface area contributed by atoms with Crippen LogP contribution in [0.5, 0.6) is 17.4 Å². The Hall–Kier alpha value is -3.59. The van der Waals surface area contributed by atoms with E-state index in [0.29, 0.717) is 11.6 Å². The minimum atomic E-state index is -0.692. The molecule has 1 atom stereocenters. The molecule has 0 spiro atoms. The number of fused-ring (bicyclic) bond motifs is 1. The smallest absolute Gasteiger partial charge is 0.404 e. The molecule has 1 amide bonds. The second-order valence-corrected chi connectivity index (χ2v) is 8.44. The monoisotopic (exact) mass is 449 g/mol. The van der Waals surface area contributed by atoms with Gasteiger partial charge in [0.2, 0.25) is 5.88 Å². The maximum absolute atomic E-state index is 10.9. The number of primary amides is 1. The van der Waals surface area contributed by atoms with Crippen molar-refractivity contribution in [2.45, 2.75) is 37.9 Å². The minimum absolute atomic E-state index is 0.0754. The van der Waals surface area contributed by atoms with Crippen LogP contribution in [-0.2, 0) is 11.2 Å². The van der Waals surface area contributed by atoms with Gasteiger partial charge in [-0.25, -0.2) is 9.78 Å². The number of likely N-dealkylation sites (tertiary alicyclic amines) is 1. The number of H-pyrrole nitrogens is 1. The standard InChI is InChI=1S/C24H27N5O4/c25-24(30)33-18-8-11-29(12-9-18)15-20-5-2-16-1-4-19(13-22(16)31-20)32-23-6-3-17(14-26-23)21-7-10-27-28-21/h1,3-4,6-7,10,13-14,18,20H,2,5,8-9,11-12,15H2,(H2,25,30)(H,27,28). The van der Waals surface area contributed by atoms with Crippen molar-refractivity contribution in [2.75, 3.05) is 19.6 Å². The number of pyridine rings is 1. The lowest BCUT2D eigenvalue weighted by atomic mass is 10.0. The van der Waals surface area contributed by atoms with Crippen LogP contribution in [0, 0.1) is 0 Å². The van der Waals surface area contributed by atoms with Gasteiger partial charge in [0.05, 0.1) is 5.69 Å². The van der Waals surface area contributed by atoms with Gasteiger partial charge < -0.3 is 19.9 Å². The summed E-state index contributed by atoms with van der Waals surface area (Å²) >= 11 is 0. The molecule has 0 bridgehead atoms. The van der Waals surface area contributed by atoms with Crippen molar-refractivity contribution in [1.82, 2.24) is 20.1 Å². The maximum Gasteiger partial charge on any atom is 0.404 e. The first kappa shape index (κ1) is 21.3. The molecule has 3 aromatic rings. The first-order valence-electron chi connectivity index (χ1n) is 11.2. The van der Waals surface area contributed by atoms with Crippen LogP contribution in [-0.4, -0.2) is 58.0 Å². The van der Waals surface area contributed by atoms with Crippen molar-refractivity contribution in [3.8, 4) is 28.6 Å². The van der Waals surface area contributed by atoms with Gasteiger partial charge in [-0.3, -0.25) is 10.00 Å². The summed E-state index contributed by atoms with van der Waals surface area (Å²) in [7, 11) is 0. The number of hydrogen-bond acceptors (Lipinski definition) is 7. The number of nitrogens with one attached hydrogen (secondary N) is 1. The van der Waals surface area contributed by atoms with Gasteiger partial charge >= 0.3 is 6.09 Å². The third kappa shape index (κ3) is 5.25. The zero-order valence-electron chi connectivity index (χ0n) is 18.3. The van der Waals surface area contributed by atoms with Gasteiger partial charge in [-0.1, -0.05) is 6.07 Å². The van der Waals surface area contributed by atoms with E-state index in [4.69, 9.17) is 19.9 Å². The number of carbonyl (C=O) groups excluding carboxylic acids is 1. The van der Waals surface area contributed by atoms with Crippen molar-refractivity contribution in [3.05, 3.63) is 54.4 Å². The molecular formula is C24H27N5O4. The molecule has 1 saturated heterocycles. The predicted molar refractivity (Wildman–Crippen MR) is 121 cm³/mol. The molecule has 4 heterocycles. The number of aromatic amines is 1. The summed E-state index contributed by atoms with van der Waals surface area (Å²) < 4.78 is 17.4. The average Bonchev–Trinajstić information content (AvgIpc) is 3.35. The molecule has 9 heteroatoms. The quantitative estimate of drug-likeness (QED) is 0.591. The van der Waals surface area contributed by atoms with Crippen molar-refractivity contribution < 1.29 is 19.0 Å². The topological polar surface area (TPSA) is 116 Å². The van der Waals surface area contributed by atoms with Gasteiger partial charge in [0, 0.05) is 49.7 Å². The molecule has 172 valence electrons. The van der Waals surface area contributed by atoms with Gasteiger partial charge in [-0.05, 0) is 49.4 Å². The fourth-order valence-electron chi connectivity index (χ4n) is 4.40. The van der Waals surface area contributed by atoms with Crippen molar-refractivity contribution in [2.24, 2.45) is 5.73 Å². The third-order valence-electron chi connectivity index (χ3n) is 6.12. The van der Waals surface area contributed by atoms with E-state index in [1.165, 1.54) is 5.56 Å². The molecule has 1 unspecified atom stereocenters. The van der Waals surface area contributed by atoms with E-state index in [0.717, 1.165) is 62.3 Å². The SMILES string of the molecule is NC(=O)OC1CCN(CC2CCc3ccc(Oc4ccc(-c5ccn[nH]5)cn4)cc3O2)CC1. The van der Waals surface area contributed by atoms with E-state index in [9.17, 15) is 4.79 Å². The molecule has 5 rings (SSSR count). The number of carbonyl (C=O) groups is 1. The number of nitrogens with two attached hydrogens (primary N) is 1. The van der Waals surface area contributed by atoms with Crippen LogP contribution in [0.3, 0.4) is 0 Å². The first-order valence-corrected chi connectivity index (χ1v) is 11.2. The molecule has 33 heavy (non-hydrogen) atoms. The molecule has 2 aromatic heterocycles. The number of aryl methyl sites for hydroxylation is 1. The van der Waals surface area contributed by atoms with Gasteiger partial charge in [-0.2, -0.15) is 5.10 Å². The maximum atomic E-state index is 10.9. The highest BCUT2D eigenvalue weighted by atomic mass is 16.6. The Labute approximate surface area is 191 Å². The number of amides is 1. The van der Waals surface area contributed by atoms with Crippen LogP contribution < -0.4 is 15.2 Å². The van der Waals surface area contributed by atoms with Crippen LogP contribution in [0.1, 0.15) is 24.8 Å². The number of piperidine rings is 1. The van der Waals surface area contributed by atoms with E-state index < -0.39 is 6.09 Å². The number of hydrogen-bond donors (Lipinski definition) is 2. The average molecular weight is 450 g/mol. The van der Waals surface area contributed by atoms with Crippen molar-refractivity contribution >= 4 is 6.09 Å². The zero-order valence-corrected chi connectivity index (χ0v) is 18.3. The van der Waals surface area contributed by atoms with Crippen LogP contribution in [0.4, 0.5) is 4.79 Å². The highest BCUT2D eigenvalue weighted by molar-refractivity contribution is 5.64. The molecule has 3 N–H and O–H groups in total. The predicted octanol–water partition coefficient (Wildman–Crippen LogP) is 3.52. The number of benzene rings is 1. The summed E-state index contributed by atoms with van der Waals surface area (Å²) in [6, 6.07) is 11.6.